The standard InChI is InChI=1S/C31H43N2O6P/c1-7-37-40(35,38-8-2)31(27(21-32-33-31)23-15-17-25(36-6)18-16-23)29(34)39-28-20-22(3)14-19-26(28)30(4,5)24-12-10-9-11-13-24/h9-13,15-18,22,26-28H,7-8,14,19-21H2,1-6H3/t22-,26-,27-,28-,31-/m1/s1. The maximum absolute atomic E-state index is 14.6. The lowest BCUT2D eigenvalue weighted by Gasteiger charge is -2.45. The van der Waals surface area contributed by atoms with Crippen LogP contribution >= 0.6 is 7.60 Å². The maximum Gasteiger partial charge on any atom is 0.372 e. The molecule has 218 valence electrons. The van der Waals surface area contributed by atoms with Crippen LogP contribution in [0.5, 0.6) is 5.75 Å². The summed E-state index contributed by atoms with van der Waals surface area (Å²) in [7, 11) is -2.57. The number of hydrogen-bond donors (Lipinski definition) is 0. The van der Waals surface area contributed by atoms with E-state index in [1.807, 2.05) is 30.3 Å². The Morgan fingerprint density at radius 2 is 1.68 bits per heavy atom. The number of rotatable bonds is 11. The molecule has 5 atom stereocenters. The number of hydrogen-bond acceptors (Lipinski definition) is 8. The topological polar surface area (TPSA) is 95.8 Å². The molecule has 2 aromatic carbocycles. The monoisotopic (exact) mass is 570 g/mol. The second kappa shape index (κ2) is 12.5. The SMILES string of the molecule is CCOP(=O)(OCC)[C@]1(C(=O)O[C@@H]2C[C@H](C)CC[C@H]2C(C)(C)c2ccccc2)N=NC[C@@H]1c1ccc(OC)cc1. The van der Waals surface area contributed by atoms with Gasteiger partial charge in [0.05, 0.1) is 32.8 Å². The van der Waals surface area contributed by atoms with Gasteiger partial charge in [-0.25, -0.2) is 4.79 Å². The Balaban J connectivity index is 1.76. The summed E-state index contributed by atoms with van der Waals surface area (Å²) in [6.07, 6.45) is 2.27. The molecular weight excluding hydrogens is 527 g/mol. The Morgan fingerprint density at radius 1 is 1.02 bits per heavy atom. The van der Waals surface area contributed by atoms with Crippen molar-refractivity contribution in [2.75, 3.05) is 26.9 Å². The van der Waals surface area contributed by atoms with Crippen LogP contribution in [0.3, 0.4) is 0 Å². The first-order valence-electron chi connectivity index (χ1n) is 14.3. The van der Waals surface area contributed by atoms with Crippen LogP contribution in [0.2, 0.25) is 0 Å². The molecular formula is C31H43N2O6P. The van der Waals surface area contributed by atoms with Gasteiger partial charge < -0.3 is 18.5 Å². The lowest BCUT2D eigenvalue weighted by Crippen LogP contribution is -2.49. The van der Waals surface area contributed by atoms with Gasteiger partial charge in [0.2, 0.25) is 0 Å². The molecule has 0 saturated heterocycles. The molecule has 0 amide bonds. The van der Waals surface area contributed by atoms with Crippen molar-refractivity contribution in [3.63, 3.8) is 0 Å². The number of ether oxygens (including phenoxy) is 2. The molecule has 0 N–H and O–H groups in total. The number of nitrogens with zero attached hydrogens (tertiary/aromatic N) is 2. The zero-order chi connectivity index (χ0) is 29.0. The first kappa shape index (κ1) is 30.4. The lowest BCUT2D eigenvalue weighted by atomic mass is 9.64. The molecule has 4 rings (SSSR count). The summed E-state index contributed by atoms with van der Waals surface area (Å²) in [5.74, 6) is -0.277. The highest BCUT2D eigenvalue weighted by molar-refractivity contribution is 7.56. The highest BCUT2D eigenvalue weighted by atomic mass is 31.2. The van der Waals surface area contributed by atoms with Crippen LogP contribution in [-0.2, 0) is 28.6 Å². The van der Waals surface area contributed by atoms with Gasteiger partial charge in [-0.1, -0.05) is 69.7 Å². The fraction of sp³-hybridized carbons (Fsp3) is 0.581. The third-order valence-electron chi connectivity index (χ3n) is 8.56. The third kappa shape index (κ3) is 5.63. The number of benzene rings is 2. The molecule has 1 aliphatic carbocycles. The highest BCUT2D eigenvalue weighted by Gasteiger charge is 2.67. The van der Waals surface area contributed by atoms with E-state index in [2.05, 4.69) is 43.1 Å². The van der Waals surface area contributed by atoms with E-state index in [1.165, 1.54) is 5.56 Å². The van der Waals surface area contributed by atoms with Gasteiger partial charge >= 0.3 is 13.6 Å². The molecule has 40 heavy (non-hydrogen) atoms. The van der Waals surface area contributed by atoms with Crippen LogP contribution in [0.15, 0.2) is 64.8 Å². The number of carbonyl (C=O) groups is 1. The molecule has 0 unspecified atom stereocenters. The second-order valence-corrected chi connectivity index (χ2v) is 13.6. The van der Waals surface area contributed by atoms with Crippen LogP contribution in [0.25, 0.3) is 0 Å². The number of azo groups is 1. The van der Waals surface area contributed by atoms with Gasteiger partial charge in [0.1, 0.15) is 11.9 Å². The Kier molecular flexibility index (Phi) is 9.54. The fourth-order valence-electron chi connectivity index (χ4n) is 6.31. The van der Waals surface area contributed by atoms with E-state index < -0.39 is 30.9 Å². The van der Waals surface area contributed by atoms with Crippen LogP contribution in [-0.4, -0.2) is 44.2 Å². The Labute approximate surface area is 238 Å². The molecule has 1 aliphatic heterocycles. The molecule has 0 aromatic heterocycles. The fourth-order valence-corrected chi connectivity index (χ4v) is 8.52. The number of esters is 1. The summed E-state index contributed by atoms with van der Waals surface area (Å²) in [6.45, 7) is 10.4. The molecule has 2 aliphatic rings. The summed E-state index contributed by atoms with van der Waals surface area (Å²) in [6, 6.07) is 17.6. The van der Waals surface area contributed by atoms with Crippen molar-refractivity contribution in [3.8, 4) is 5.75 Å². The van der Waals surface area contributed by atoms with Gasteiger partial charge in [-0.2, -0.15) is 10.2 Å². The van der Waals surface area contributed by atoms with Gasteiger partial charge in [0.25, 0.3) is 5.28 Å². The van der Waals surface area contributed by atoms with Crippen molar-refractivity contribution in [3.05, 3.63) is 65.7 Å². The largest absolute Gasteiger partial charge is 0.497 e. The predicted octanol–water partition coefficient (Wildman–Crippen LogP) is 7.53. The Morgan fingerprint density at radius 3 is 2.27 bits per heavy atom. The van der Waals surface area contributed by atoms with Crippen LogP contribution in [0, 0.1) is 11.8 Å². The normalized spacial score (nSPS) is 26.9. The minimum Gasteiger partial charge on any atom is -0.497 e. The van der Waals surface area contributed by atoms with E-state index in [4.69, 9.17) is 18.5 Å². The average molecular weight is 571 g/mol. The Bertz CT molecular complexity index is 1210. The minimum atomic E-state index is -4.16. The van der Waals surface area contributed by atoms with E-state index in [1.54, 1.807) is 33.1 Å². The van der Waals surface area contributed by atoms with Crippen LogP contribution in [0.1, 0.15) is 70.9 Å². The number of carbonyl (C=O) groups excluding carboxylic acids is 1. The third-order valence-corrected chi connectivity index (χ3v) is 11.2. The van der Waals surface area contributed by atoms with Crippen molar-refractivity contribution in [2.45, 2.75) is 76.6 Å². The van der Waals surface area contributed by atoms with Gasteiger partial charge in [-0.15, -0.1) is 0 Å². The van der Waals surface area contributed by atoms with Gasteiger partial charge in [0.15, 0.2) is 0 Å². The van der Waals surface area contributed by atoms with Crippen molar-refractivity contribution in [1.82, 2.24) is 0 Å². The number of methoxy groups -OCH3 is 1. The molecule has 1 saturated carbocycles. The van der Waals surface area contributed by atoms with E-state index in [0.717, 1.165) is 18.4 Å². The minimum absolute atomic E-state index is 0.0588. The van der Waals surface area contributed by atoms with Crippen molar-refractivity contribution in [1.29, 1.82) is 0 Å². The molecule has 9 heteroatoms. The first-order chi connectivity index (χ1) is 19.1. The molecule has 1 fully saturated rings. The maximum atomic E-state index is 14.6. The molecule has 0 radical (unpaired) electrons. The van der Waals surface area contributed by atoms with Gasteiger partial charge in [-0.3, -0.25) is 4.57 Å². The summed E-state index contributed by atoms with van der Waals surface area (Å²) in [5.41, 5.74) is 1.67. The summed E-state index contributed by atoms with van der Waals surface area (Å²) < 4.78 is 38.0. The van der Waals surface area contributed by atoms with Crippen LogP contribution < -0.4 is 4.74 Å². The summed E-state index contributed by atoms with van der Waals surface area (Å²) >= 11 is 0. The van der Waals surface area contributed by atoms with Gasteiger partial charge in [0, 0.05) is 5.92 Å². The quantitative estimate of drug-likeness (QED) is 0.205. The molecule has 0 spiro atoms. The predicted molar refractivity (Wildman–Crippen MR) is 155 cm³/mol. The molecule has 8 nitrogen and oxygen atoms in total. The molecule has 1 heterocycles. The zero-order valence-electron chi connectivity index (χ0n) is 24.5. The Hall–Kier alpha value is -2.54. The molecule has 0 bridgehead atoms. The van der Waals surface area contributed by atoms with E-state index in [9.17, 15) is 9.36 Å². The average Bonchev–Trinajstić information content (AvgIpc) is 3.41. The lowest BCUT2D eigenvalue weighted by molar-refractivity contribution is -0.161. The van der Waals surface area contributed by atoms with Crippen molar-refractivity contribution >= 4 is 13.6 Å². The summed E-state index contributed by atoms with van der Waals surface area (Å²) in [5, 5.41) is 6.74. The zero-order valence-corrected chi connectivity index (χ0v) is 25.4. The summed E-state index contributed by atoms with van der Waals surface area (Å²) in [4.78, 5) is 14.5. The smallest absolute Gasteiger partial charge is 0.372 e. The van der Waals surface area contributed by atoms with Gasteiger partial charge in [-0.05, 0) is 61.3 Å². The van der Waals surface area contributed by atoms with E-state index in [0.29, 0.717) is 18.1 Å². The first-order valence-corrected chi connectivity index (χ1v) is 15.9. The second-order valence-electron chi connectivity index (χ2n) is 11.4. The van der Waals surface area contributed by atoms with Crippen LogP contribution in [0.4, 0.5) is 0 Å². The van der Waals surface area contributed by atoms with E-state index >= 15 is 0 Å². The highest BCUT2D eigenvalue weighted by Crippen LogP contribution is 2.68. The van der Waals surface area contributed by atoms with Crippen molar-refractivity contribution < 1.29 is 27.9 Å². The molecule has 2 aromatic rings. The van der Waals surface area contributed by atoms with Crippen molar-refractivity contribution in [2.24, 2.45) is 22.1 Å². The van der Waals surface area contributed by atoms with E-state index in [-0.39, 0.29) is 31.1 Å².